The molecule has 2 aromatic rings. The van der Waals surface area contributed by atoms with Crippen molar-refractivity contribution in [2.75, 3.05) is 0 Å². The van der Waals surface area contributed by atoms with Crippen molar-refractivity contribution in [1.29, 1.82) is 0 Å². The predicted molar refractivity (Wildman–Crippen MR) is 53.6 cm³/mol. The molecular weight excluding hydrogens is 352 g/mol. The van der Waals surface area contributed by atoms with Crippen molar-refractivity contribution in [2.45, 2.75) is 19.8 Å². The molecule has 15 heavy (non-hydrogen) atoms. The summed E-state index contributed by atoms with van der Waals surface area (Å²) in [6.07, 6.45) is 0. The normalized spacial score (nSPS) is 9.00. The number of rotatable bonds is 1. The number of fused-ring (bicyclic) bond motifs is 1. The molecule has 3 heteroatoms. The molecule has 0 aliphatic carbocycles. The van der Waals surface area contributed by atoms with Gasteiger partial charge < -0.3 is 34.0 Å². The van der Waals surface area contributed by atoms with E-state index in [4.69, 9.17) is 0 Å². The van der Waals surface area contributed by atoms with E-state index in [9.17, 15) is 0 Å². The van der Waals surface area contributed by atoms with Crippen molar-refractivity contribution in [1.82, 2.24) is 0 Å². The van der Waals surface area contributed by atoms with Gasteiger partial charge in [-0.25, -0.2) is 0 Å². The fourth-order valence-corrected chi connectivity index (χ4v) is 1.51. The smallest absolute Gasteiger partial charge is 1.00 e. The molecule has 0 saturated carbocycles. The van der Waals surface area contributed by atoms with Crippen LogP contribution < -0.4 is 34.0 Å². The number of benzene rings is 1. The Hall–Kier alpha value is 0.504. The van der Waals surface area contributed by atoms with Crippen LogP contribution in [0.2, 0.25) is 0 Å². The summed E-state index contributed by atoms with van der Waals surface area (Å²) >= 11 is 0. The molecule has 79 valence electrons. The van der Waals surface area contributed by atoms with Crippen LogP contribution in [0, 0.1) is 0 Å². The van der Waals surface area contributed by atoms with Crippen molar-refractivity contribution in [2.24, 2.45) is 0 Å². The Morgan fingerprint density at radius 2 is 1.67 bits per heavy atom. The summed E-state index contributed by atoms with van der Waals surface area (Å²) in [5.74, 6) is 0.636. The van der Waals surface area contributed by atoms with Gasteiger partial charge in [-0.2, -0.15) is 6.07 Å². The fraction of sp³-hybridized carbons (Fsp3) is 0.250. The van der Waals surface area contributed by atoms with Crippen LogP contribution in [0.3, 0.4) is 0 Å². The van der Waals surface area contributed by atoms with Gasteiger partial charge in [0.1, 0.15) is 0 Å². The molecule has 0 aromatic heterocycles. The molecule has 0 unspecified atom stereocenters. The van der Waals surface area contributed by atoms with Gasteiger partial charge in [0.2, 0.25) is 0 Å². The average Bonchev–Trinajstić information content (AvgIpc) is 2.46. The van der Waals surface area contributed by atoms with Gasteiger partial charge in [0.15, 0.2) is 0 Å². The maximum Gasteiger partial charge on any atom is 3.00 e. The van der Waals surface area contributed by atoms with Gasteiger partial charge in [-0.1, -0.05) is 19.9 Å². The first kappa shape index (κ1) is 17.9. The largest absolute Gasteiger partial charge is 3.00 e. The van der Waals surface area contributed by atoms with Crippen LogP contribution in [0.4, 0.5) is 0 Å². The monoisotopic (exact) mass is 363 g/mol. The van der Waals surface area contributed by atoms with Gasteiger partial charge >= 0.3 is 21.7 Å². The topological polar surface area (TPSA) is 0 Å². The first-order chi connectivity index (χ1) is 5.77. The Morgan fingerprint density at radius 3 is 2.20 bits per heavy atom. The van der Waals surface area contributed by atoms with E-state index in [-0.39, 0.29) is 55.7 Å². The Balaban J connectivity index is 0. The summed E-state index contributed by atoms with van der Waals surface area (Å²) in [4.78, 5) is 0. The van der Waals surface area contributed by atoms with Crippen LogP contribution in [0.25, 0.3) is 10.8 Å². The van der Waals surface area contributed by atoms with Crippen LogP contribution in [0.5, 0.6) is 0 Å². The Bertz CT molecular complexity index is 360. The molecule has 0 aliphatic rings. The van der Waals surface area contributed by atoms with E-state index >= 15 is 0 Å². The van der Waals surface area contributed by atoms with Crippen LogP contribution in [-0.2, 0) is 21.7 Å². The third-order valence-electron chi connectivity index (χ3n) is 2.31. The molecular formula is C12H13Br2Ti. The summed E-state index contributed by atoms with van der Waals surface area (Å²) in [6, 6.07) is 13.1. The summed E-state index contributed by atoms with van der Waals surface area (Å²) in [5.41, 5.74) is 1.44. The molecule has 0 atom stereocenters. The number of hydrogen-bond donors (Lipinski definition) is 0. The molecule has 0 aliphatic heterocycles. The second kappa shape index (κ2) is 7.72. The van der Waals surface area contributed by atoms with Gasteiger partial charge in [-0.3, -0.25) is 0 Å². The van der Waals surface area contributed by atoms with E-state index in [2.05, 4.69) is 50.2 Å². The van der Waals surface area contributed by atoms with E-state index in [1.807, 2.05) is 0 Å². The number of hydrogen-bond acceptors (Lipinski definition) is 0. The van der Waals surface area contributed by atoms with Gasteiger partial charge in [0, 0.05) is 0 Å². The van der Waals surface area contributed by atoms with Gasteiger partial charge in [-0.05, 0) is 5.92 Å². The minimum absolute atomic E-state index is 0. The second-order valence-electron chi connectivity index (χ2n) is 3.57. The molecule has 0 saturated heterocycles. The first-order valence-electron chi connectivity index (χ1n) is 4.43. The van der Waals surface area contributed by atoms with Crippen molar-refractivity contribution >= 4 is 10.8 Å². The number of halogens is 2. The quantitative estimate of drug-likeness (QED) is 0.394. The third-order valence-corrected chi connectivity index (χ3v) is 2.31. The maximum absolute atomic E-state index is 2.28. The Morgan fingerprint density at radius 1 is 1.07 bits per heavy atom. The van der Waals surface area contributed by atoms with Crippen molar-refractivity contribution < 1.29 is 55.7 Å². The van der Waals surface area contributed by atoms with Gasteiger partial charge in [0.05, 0.1) is 0 Å². The van der Waals surface area contributed by atoms with Crippen molar-refractivity contribution in [3.05, 3.63) is 42.0 Å². The van der Waals surface area contributed by atoms with Crippen molar-refractivity contribution in [3.8, 4) is 0 Å². The van der Waals surface area contributed by atoms with E-state index in [0.29, 0.717) is 5.92 Å². The van der Waals surface area contributed by atoms with Crippen LogP contribution in [0.1, 0.15) is 25.3 Å². The molecule has 2 rings (SSSR count). The third kappa shape index (κ3) is 4.11. The predicted octanol–water partition coefficient (Wildman–Crippen LogP) is -2.31. The van der Waals surface area contributed by atoms with Crippen LogP contribution in [0.15, 0.2) is 36.4 Å². The van der Waals surface area contributed by atoms with E-state index < -0.39 is 0 Å². The summed E-state index contributed by atoms with van der Waals surface area (Å²) in [7, 11) is 0. The van der Waals surface area contributed by atoms with E-state index in [0.717, 1.165) is 0 Å². The summed E-state index contributed by atoms with van der Waals surface area (Å²) in [5, 5.41) is 2.72. The molecule has 0 heterocycles. The first-order valence-corrected chi connectivity index (χ1v) is 4.43. The van der Waals surface area contributed by atoms with Gasteiger partial charge in [-0.15, -0.1) is 40.6 Å². The molecule has 0 N–H and O–H groups in total. The molecule has 1 radical (unpaired) electrons. The van der Waals surface area contributed by atoms with E-state index in [1.54, 1.807) is 0 Å². The van der Waals surface area contributed by atoms with Crippen LogP contribution in [-0.4, -0.2) is 0 Å². The average molecular weight is 365 g/mol. The van der Waals surface area contributed by atoms with Crippen LogP contribution >= 0.6 is 0 Å². The summed E-state index contributed by atoms with van der Waals surface area (Å²) < 4.78 is 0. The molecule has 0 nitrogen and oxygen atoms in total. The van der Waals surface area contributed by atoms with E-state index in [1.165, 1.54) is 16.3 Å². The zero-order chi connectivity index (χ0) is 8.55. The SMILES string of the molecule is CC(C)c1cc2ccccc2[cH-]1.[Br-].[Br-].[Ti+3]. The maximum atomic E-state index is 2.28. The standard InChI is InChI=1S/C12H13.2BrH.Ti/c1-9(2)12-7-10-5-3-4-6-11(10)8-12;;;/h3-9H,1-2H3;2*1H;/q-1;;;+3/p-2. The second-order valence-corrected chi connectivity index (χ2v) is 3.57. The Kier molecular flexibility index (Phi) is 9.21. The zero-order valence-electron chi connectivity index (χ0n) is 8.80. The minimum atomic E-state index is 0. The molecule has 0 spiro atoms. The minimum Gasteiger partial charge on any atom is -1.00 e. The molecule has 0 fully saturated rings. The molecule has 0 bridgehead atoms. The Labute approximate surface area is 127 Å². The summed E-state index contributed by atoms with van der Waals surface area (Å²) in [6.45, 7) is 4.46. The van der Waals surface area contributed by atoms with Crippen molar-refractivity contribution in [3.63, 3.8) is 0 Å². The fourth-order valence-electron chi connectivity index (χ4n) is 1.51. The zero-order valence-corrected chi connectivity index (χ0v) is 13.5. The molecule has 2 aromatic carbocycles. The molecule has 0 amide bonds. The van der Waals surface area contributed by atoms with Gasteiger partial charge in [0.25, 0.3) is 0 Å².